The van der Waals surface area contributed by atoms with E-state index in [1.165, 1.54) is 44.2 Å². The number of phenols is 5. The highest BCUT2D eigenvalue weighted by atomic mass is 16.8. The van der Waals surface area contributed by atoms with E-state index in [-0.39, 0.29) is 5.75 Å². The number of aromatic hydroxyl groups is 5. The van der Waals surface area contributed by atoms with E-state index in [1.54, 1.807) is 0 Å². The molecule has 0 amide bonds. The second-order valence-electron chi connectivity index (χ2n) is 20.7. The summed E-state index contributed by atoms with van der Waals surface area (Å²) in [6.07, 6.45) is -42.6. The van der Waals surface area contributed by atoms with E-state index in [2.05, 4.69) is 0 Å². The number of esters is 1. The largest absolute Gasteiger partial charge is 0.508 e. The third-order valence-corrected chi connectivity index (χ3v) is 14.8. The zero-order chi connectivity index (χ0) is 61.6. The Morgan fingerprint density at radius 1 is 0.553 bits per heavy atom. The van der Waals surface area contributed by atoms with E-state index in [9.17, 15) is 102 Å². The van der Waals surface area contributed by atoms with Gasteiger partial charge in [0.25, 0.3) is 0 Å². The predicted octanol–water partition coefficient (Wildman–Crippen LogP) is -5.22. The molecule has 4 aromatic rings. The van der Waals surface area contributed by atoms with Crippen molar-refractivity contribution in [3.8, 4) is 51.6 Å². The summed E-state index contributed by atoms with van der Waals surface area (Å²) in [7, 11) is 0. The van der Waals surface area contributed by atoms with E-state index in [0.29, 0.717) is 5.56 Å². The van der Waals surface area contributed by atoms with Gasteiger partial charge in [-0.1, -0.05) is 12.1 Å². The molecule has 3 aromatic carbocycles. The number of rotatable bonds is 16. The zero-order valence-corrected chi connectivity index (χ0v) is 44.5. The molecule has 32 nitrogen and oxygen atoms in total. The van der Waals surface area contributed by atoms with Crippen molar-refractivity contribution >= 4 is 23.0 Å². The van der Waals surface area contributed by atoms with Crippen molar-refractivity contribution < 1.29 is 153 Å². The standard InChI is InChI=1S/C53H64O32/c1-16-31(61)37(67)42(72)50(76-16)80-28-15-75-49(41(71)35(28)65)82-45-23(58)9-19(10-24(45)59)44-46(36(66)30-22(57)11-21(56)12-25(30)78-44)83-52-47(39(69)32(62)17(2)77-52)85-53-48(84-51-43(73)38(68)33(63)26(13-54)79-51)40(70)34(64)27(81-53)14-74-29(60)8-5-18-3-6-20(55)7-4-18/h3-12,16-17,26-28,31-35,37-43,47-59,61-65,67-73H,13-15H2,1-2H3/t16-,17-,26+,27+,28+,31-,32-,33+,34+,35-,37+,38-,39+,40-,41+,42+,43+,47+,48+,49-,50-,51-,52-,53-/m0/s1. The molecule has 9 rings (SSSR count). The Labute approximate surface area is 478 Å². The first-order chi connectivity index (χ1) is 40.3. The fourth-order valence-corrected chi connectivity index (χ4v) is 9.93. The minimum absolute atomic E-state index is 0.0524. The van der Waals surface area contributed by atoms with Gasteiger partial charge in [-0.15, -0.1) is 0 Å². The number of benzene rings is 3. The molecule has 1 aromatic heterocycles. The zero-order valence-electron chi connectivity index (χ0n) is 44.5. The Hall–Kier alpha value is -6.16. The van der Waals surface area contributed by atoms with Gasteiger partial charge in [-0.3, -0.25) is 4.79 Å². The van der Waals surface area contributed by atoms with Crippen LogP contribution >= 0.6 is 0 Å². The molecule has 0 aliphatic carbocycles. The minimum Gasteiger partial charge on any atom is -0.508 e. The van der Waals surface area contributed by atoms with Gasteiger partial charge < -0.3 is 148 Å². The molecule has 0 radical (unpaired) electrons. The smallest absolute Gasteiger partial charge is 0.330 e. The molecule has 0 unspecified atom stereocenters. The number of aliphatic hydroxyl groups excluding tert-OH is 13. The first-order valence-electron chi connectivity index (χ1n) is 26.3. The molecule has 85 heavy (non-hydrogen) atoms. The Kier molecular flexibility index (Phi) is 19.4. The molecule has 0 saturated carbocycles. The lowest BCUT2D eigenvalue weighted by Gasteiger charge is -2.48. The summed E-state index contributed by atoms with van der Waals surface area (Å²) in [4.78, 5) is 27.6. The fourth-order valence-electron chi connectivity index (χ4n) is 9.93. The van der Waals surface area contributed by atoms with Gasteiger partial charge in [0.15, 0.2) is 42.2 Å². The highest BCUT2D eigenvalue weighted by Gasteiger charge is 2.55. The monoisotopic (exact) mass is 1210 g/mol. The van der Waals surface area contributed by atoms with Crippen LogP contribution < -0.4 is 14.9 Å². The highest BCUT2D eigenvalue weighted by molar-refractivity contribution is 5.89. The molecule has 0 bridgehead atoms. The molecule has 468 valence electrons. The van der Waals surface area contributed by atoms with Crippen LogP contribution in [0.25, 0.3) is 28.4 Å². The van der Waals surface area contributed by atoms with Gasteiger partial charge in [-0.25, -0.2) is 4.79 Å². The van der Waals surface area contributed by atoms with Crippen LogP contribution in [0.5, 0.6) is 40.2 Å². The maximum atomic E-state index is 14.7. The summed E-state index contributed by atoms with van der Waals surface area (Å²) in [5.41, 5.74) is -1.83. The molecule has 6 heterocycles. The Morgan fingerprint density at radius 3 is 1.75 bits per heavy atom. The fraction of sp³-hybridized carbons (Fsp3) is 0.547. The van der Waals surface area contributed by atoms with Gasteiger partial charge in [-0.05, 0) is 49.8 Å². The molecule has 5 aliphatic rings. The van der Waals surface area contributed by atoms with Crippen LogP contribution in [-0.4, -0.2) is 265 Å². The molecular formula is C53H64O32. The van der Waals surface area contributed by atoms with E-state index in [1.807, 2.05) is 0 Å². The predicted molar refractivity (Wildman–Crippen MR) is 273 cm³/mol. The van der Waals surface area contributed by atoms with Crippen LogP contribution in [0.4, 0.5) is 0 Å². The van der Waals surface area contributed by atoms with E-state index >= 15 is 0 Å². The molecule has 0 spiro atoms. The normalized spacial score (nSPS) is 38.1. The third kappa shape index (κ3) is 13.1. The summed E-state index contributed by atoms with van der Waals surface area (Å²) in [5.74, 6) is -7.11. The summed E-state index contributed by atoms with van der Waals surface area (Å²) >= 11 is 0. The van der Waals surface area contributed by atoms with Gasteiger partial charge >= 0.3 is 5.97 Å². The molecule has 5 fully saturated rings. The van der Waals surface area contributed by atoms with Crippen molar-refractivity contribution in [2.24, 2.45) is 0 Å². The van der Waals surface area contributed by atoms with Crippen molar-refractivity contribution in [2.45, 2.75) is 161 Å². The second-order valence-corrected chi connectivity index (χ2v) is 20.7. The van der Waals surface area contributed by atoms with Gasteiger partial charge in [0.05, 0.1) is 25.4 Å². The van der Waals surface area contributed by atoms with Gasteiger partial charge in [0.2, 0.25) is 29.5 Å². The number of hydrogen-bond donors (Lipinski definition) is 18. The Balaban J connectivity index is 1.02. The average molecular weight is 1210 g/mol. The van der Waals surface area contributed by atoms with E-state index in [0.717, 1.165) is 30.3 Å². The van der Waals surface area contributed by atoms with Gasteiger partial charge in [-0.2, -0.15) is 0 Å². The minimum atomic E-state index is -2.23. The first kappa shape index (κ1) is 63.3. The van der Waals surface area contributed by atoms with Crippen LogP contribution in [0.15, 0.2) is 63.8 Å². The summed E-state index contributed by atoms with van der Waals surface area (Å²) < 4.78 is 68.9. The lowest BCUT2D eigenvalue weighted by Crippen LogP contribution is -2.67. The number of ether oxygens (including phenoxy) is 11. The topological polar surface area (TPSA) is 513 Å². The summed E-state index contributed by atoms with van der Waals surface area (Å²) in [5, 5.41) is 194. The Morgan fingerprint density at radius 2 is 1.09 bits per heavy atom. The van der Waals surface area contributed by atoms with Crippen molar-refractivity contribution in [3.63, 3.8) is 0 Å². The quantitative estimate of drug-likeness (QED) is 0.0368. The SMILES string of the molecule is C[C@@H]1O[C@@H](O[C@@H]2CO[C@@H](Oc3c(O)cc(-c4oc5cc(O)cc(O)c5c(=O)c4O[C@@H]4O[C@@H](C)[C@H](O)[C@@H](O)[C@H]4O[C@@H]4O[C@H](COC(=O)C=Cc5ccc(O)cc5)[C@@H](O)[C@H](O)[C@H]4O[C@@H]4O[C@H](CO)[C@@H](O)[C@H](O)[C@H]4O)cc3O)[C@H](O)[C@H]2O)[C@H](O)[C@H](O)[C@H]1O. The highest BCUT2D eigenvalue weighted by Crippen LogP contribution is 2.45. The number of fused-ring (bicyclic) bond motifs is 1. The van der Waals surface area contributed by atoms with Crippen molar-refractivity contribution in [3.05, 3.63) is 70.4 Å². The lowest BCUT2D eigenvalue weighted by molar-refractivity contribution is -0.388. The summed E-state index contributed by atoms with van der Waals surface area (Å²) in [6, 6.07) is 8.91. The third-order valence-electron chi connectivity index (χ3n) is 14.8. The lowest BCUT2D eigenvalue weighted by atomic mass is 9.96. The first-order valence-corrected chi connectivity index (χ1v) is 26.3. The van der Waals surface area contributed by atoms with Crippen LogP contribution in [0.1, 0.15) is 19.4 Å². The molecular weight excluding hydrogens is 1150 g/mol. The van der Waals surface area contributed by atoms with Crippen LogP contribution in [0.2, 0.25) is 0 Å². The molecule has 5 aliphatic heterocycles. The Bertz CT molecular complexity index is 3030. The van der Waals surface area contributed by atoms with Crippen molar-refractivity contribution in [1.29, 1.82) is 0 Å². The summed E-state index contributed by atoms with van der Waals surface area (Å²) in [6.45, 7) is 0.221. The number of hydrogen-bond acceptors (Lipinski definition) is 32. The number of carbonyl (C=O) groups excluding carboxylic acids is 1. The molecule has 18 N–H and O–H groups in total. The average Bonchev–Trinajstić information content (AvgIpc) is 2.62. The number of carbonyl (C=O) groups is 1. The van der Waals surface area contributed by atoms with Crippen LogP contribution in [0, 0.1) is 0 Å². The molecule has 32 heteroatoms. The number of phenolic OH excluding ortho intramolecular Hbond substituents is 5. The van der Waals surface area contributed by atoms with Crippen LogP contribution in [0.3, 0.4) is 0 Å². The molecule has 24 atom stereocenters. The number of aliphatic hydroxyl groups is 13. The molecule has 5 saturated heterocycles. The van der Waals surface area contributed by atoms with Gasteiger partial charge in [0, 0.05) is 23.8 Å². The van der Waals surface area contributed by atoms with E-state index < -0.39 is 235 Å². The van der Waals surface area contributed by atoms with Gasteiger partial charge in [0.1, 0.15) is 132 Å². The van der Waals surface area contributed by atoms with Crippen LogP contribution in [-0.2, 0) is 47.4 Å². The van der Waals surface area contributed by atoms with Crippen molar-refractivity contribution in [2.75, 3.05) is 19.8 Å². The second kappa shape index (κ2) is 26.0. The van der Waals surface area contributed by atoms with Crippen molar-refractivity contribution in [1.82, 2.24) is 0 Å². The van der Waals surface area contributed by atoms with E-state index in [4.69, 9.17) is 56.5 Å². The maximum absolute atomic E-state index is 14.7. The maximum Gasteiger partial charge on any atom is 0.330 e.